The van der Waals surface area contributed by atoms with Crippen molar-refractivity contribution >= 4 is 28.5 Å². The minimum atomic E-state index is -1.26. The molecule has 5 nitrogen and oxygen atoms in total. The van der Waals surface area contributed by atoms with Gasteiger partial charge in [-0.1, -0.05) is 11.6 Å². The summed E-state index contributed by atoms with van der Waals surface area (Å²) in [6, 6.07) is 5.32. The lowest BCUT2D eigenvalue weighted by Gasteiger charge is -2.24. The van der Waals surface area contributed by atoms with Crippen molar-refractivity contribution in [1.82, 2.24) is 4.57 Å². The Bertz CT molecular complexity index is 1140. The zero-order valence-electron chi connectivity index (χ0n) is 12.3. The number of halogens is 3. The van der Waals surface area contributed by atoms with Gasteiger partial charge in [-0.05, 0) is 18.2 Å². The van der Waals surface area contributed by atoms with Crippen molar-refractivity contribution in [2.24, 2.45) is 0 Å². The Balaban J connectivity index is 2.18. The molecule has 1 aromatic heterocycles. The van der Waals surface area contributed by atoms with Crippen molar-refractivity contribution in [2.75, 3.05) is 0 Å². The summed E-state index contributed by atoms with van der Waals surface area (Å²) >= 11 is 5.92. The van der Waals surface area contributed by atoms with Gasteiger partial charge in [0.15, 0.2) is 22.7 Å². The van der Waals surface area contributed by atoms with Gasteiger partial charge in [0.25, 0.3) is 0 Å². The second-order valence-corrected chi connectivity index (χ2v) is 5.97. The fourth-order valence-electron chi connectivity index (χ4n) is 2.91. The molecule has 0 saturated carbocycles. The van der Waals surface area contributed by atoms with Gasteiger partial charge in [-0.2, -0.15) is 4.39 Å². The van der Waals surface area contributed by atoms with E-state index in [9.17, 15) is 18.4 Å². The summed E-state index contributed by atoms with van der Waals surface area (Å²) in [6.07, 6.45) is 0.752. The van der Waals surface area contributed by atoms with Crippen LogP contribution < -0.4 is 10.2 Å². The van der Waals surface area contributed by atoms with Crippen LogP contribution in [-0.2, 0) is 11.2 Å². The number of carbonyl (C=O) groups is 1. The monoisotopic (exact) mass is 363 g/mol. The predicted molar refractivity (Wildman–Crippen MR) is 85.9 cm³/mol. The van der Waals surface area contributed by atoms with Gasteiger partial charge in [-0.25, -0.2) is 4.39 Å². The van der Waals surface area contributed by atoms with Gasteiger partial charge in [-0.15, -0.1) is 0 Å². The normalized spacial score (nSPS) is 12.0. The minimum Gasteiger partial charge on any atom is -0.481 e. The Morgan fingerprint density at radius 3 is 2.76 bits per heavy atom. The maximum Gasteiger partial charge on any atom is 0.308 e. The van der Waals surface area contributed by atoms with Gasteiger partial charge in [0.1, 0.15) is 5.52 Å². The molecular weight excluding hydrogens is 356 g/mol. The van der Waals surface area contributed by atoms with Crippen LogP contribution >= 0.6 is 11.6 Å². The van der Waals surface area contributed by atoms with Crippen LogP contribution in [0.4, 0.5) is 8.78 Å². The Labute approximate surface area is 143 Å². The highest BCUT2D eigenvalue weighted by atomic mass is 35.5. The van der Waals surface area contributed by atoms with Crippen molar-refractivity contribution in [2.45, 2.75) is 6.42 Å². The molecule has 3 aromatic rings. The summed E-state index contributed by atoms with van der Waals surface area (Å²) in [7, 11) is 0. The topological polar surface area (TPSA) is 68.5 Å². The van der Waals surface area contributed by atoms with Crippen molar-refractivity contribution in [1.29, 1.82) is 0 Å². The molecule has 1 aliphatic heterocycles. The molecule has 0 bridgehead atoms. The van der Waals surface area contributed by atoms with Crippen molar-refractivity contribution in [3.63, 3.8) is 0 Å². The van der Waals surface area contributed by atoms with Crippen molar-refractivity contribution in [3.8, 4) is 17.2 Å². The summed E-state index contributed by atoms with van der Waals surface area (Å²) in [5, 5.41) is 9.16. The molecular formula is C17H8ClF2NO4. The van der Waals surface area contributed by atoms with E-state index in [2.05, 4.69) is 0 Å². The first kappa shape index (κ1) is 15.6. The van der Waals surface area contributed by atoms with Crippen LogP contribution in [0.15, 0.2) is 35.3 Å². The van der Waals surface area contributed by atoms with Gasteiger partial charge < -0.3 is 14.4 Å². The van der Waals surface area contributed by atoms with Crippen LogP contribution in [0.3, 0.4) is 0 Å². The summed E-state index contributed by atoms with van der Waals surface area (Å²) < 4.78 is 35.0. The summed E-state index contributed by atoms with van der Waals surface area (Å²) in [5.41, 5.74) is -0.276. The Morgan fingerprint density at radius 2 is 2.04 bits per heavy atom. The van der Waals surface area contributed by atoms with E-state index in [0.29, 0.717) is 10.7 Å². The average molecular weight is 364 g/mol. The highest BCUT2D eigenvalue weighted by Gasteiger charge is 2.27. The zero-order chi connectivity index (χ0) is 17.9. The minimum absolute atomic E-state index is 0.0351. The van der Waals surface area contributed by atoms with Crippen molar-refractivity contribution < 1.29 is 23.4 Å². The molecule has 0 atom stereocenters. The molecule has 0 radical (unpaired) electrons. The number of hydrogen-bond acceptors (Lipinski definition) is 3. The largest absolute Gasteiger partial charge is 0.481 e. The number of aromatic nitrogens is 1. The van der Waals surface area contributed by atoms with E-state index < -0.39 is 35.2 Å². The first-order chi connectivity index (χ1) is 11.9. The molecule has 0 fully saturated rings. The van der Waals surface area contributed by atoms with E-state index in [1.807, 2.05) is 0 Å². The van der Waals surface area contributed by atoms with Gasteiger partial charge in [0.2, 0.25) is 5.82 Å². The predicted octanol–water partition coefficient (Wildman–Crippen LogP) is 3.66. The molecule has 0 aliphatic carbocycles. The van der Waals surface area contributed by atoms with E-state index in [0.717, 1.165) is 6.07 Å². The van der Waals surface area contributed by atoms with Crippen LogP contribution in [-0.4, -0.2) is 15.6 Å². The molecule has 0 spiro atoms. The van der Waals surface area contributed by atoms with E-state index in [4.69, 9.17) is 21.4 Å². The number of rotatable bonds is 2. The second kappa shape index (κ2) is 5.29. The number of carboxylic acid groups (broad SMARTS) is 1. The molecule has 0 saturated heterocycles. The van der Waals surface area contributed by atoms with E-state index in [1.165, 1.54) is 16.8 Å². The number of nitrogens with zero attached hydrogens (tertiary/aromatic N) is 1. The molecule has 0 unspecified atom stereocenters. The fraction of sp³-hybridized carbons (Fsp3) is 0.0588. The number of carboxylic acids is 1. The van der Waals surface area contributed by atoms with Crippen molar-refractivity contribution in [3.05, 3.63) is 62.9 Å². The van der Waals surface area contributed by atoms with Crippen LogP contribution in [0, 0.1) is 11.6 Å². The molecule has 8 heteroatoms. The standard InChI is InChI=1S/C17H8ClF2NO4/c18-8-1-2-11-12(4-8)25-17-14(20)10(19)5-9-15(17)21(11)6-7(16(9)24)3-13(22)23/h1-2,4-6H,3H2,(H,22,23). The van der Waals surface area contributed by atoms with Crippen LogP contribution in [0.5, 0.6) is 11.5 Å². The molecule has 4 rings (SSSR count). The number of pyridine rings is 1. The number of benzene rings is 2. The Kier molecular flexibility index (Phi) is 3.30. The molecule has 0 amide bonds. The van der Waals surface area contributed by atoms with Crippen LogP contribution in [0.25, 0.3) is 16.6 Å². The van der Waals surface area contributed by atoms with E-state index >= 15 is 0 Å². The maximum absolute atomic E-state index is 14.2. The Hall–Kier alpha value is -2.93. The first-order valence-electron chi connectivity index (χ1n) is 7.12. The second-order valence-electron chi connectivity index (χ2n) is 5.54. The maximum atomic E-state index is 14.2. The highest BCUT2D eigenvalue weighted by Crippen LogP contribution is 2.42. The summed E-state index contributed by atoms with van der Waals surface area (Å²) in [6.45, 7) is 0. The average Bonchev–Trinajstić information content (AvgIpc) is 2.55. The highest BCUT2D eigenvalue weighted by molar-refractivity contribution is 6.30. The first-order valence-corrected chi connectivity index (χ1v) is 7.50. The summed E-state index contributed by atoms with van der Waals surface area (Å²) in [4.78, 5) is 23.5. The van der Waals surface area contributed by atoms with Gasteiger partial charge in [-0.3, -0.25) is 9.59 Å². The quantitative estimate of drug-likeness (QED) is 0.590. The molecule has 2 heterocycles. The zero-order valence-corrected chi connectivity index (χ0v) is 13.1. The lowest BCUT2D eigenvalue weighted by Crippen LogP contribution is -2.20. The third-order valence-corrected chi connectivity index (χ3v) is 4.18. The fourth-order valence-corrected chi connectivity index (χ4v) is 3.07. The molecule has 1 N–H and O–H groups in total. The molecule has 25 heavy (non-hydrogen) atoms. The number of aliphatic carboxylic acids is 1. The molecule has 2 aromatic carbocycles. The van der Waals surface area contributed by atoms with E-state index in [-0.39, 0.29) is 22.2 Å². The van der Waals surface area contributed by atoms with Gasteiger partial charge >= 0.3 is 5.97 Å². The third kappa shape index (κ3) is 2.27. The smallest absolute Gasteiger partial charge is 0.308 e. The van der Waals surface area contributed by atoms with Gasteiger partial charge in [0.05, 0.1) is 17.5 Å². The Morgan fingerprint density at radius 1 is 1.28 bits per heavy atom. The van der Waals surface area contributed by atoms with Gasteiger partial charge in [0, 0.05) is 22.8 Å². The van der Waals surface area contributed by atoms with Crippen LogP contribution in [0.1, 0.15) is 5.56 Å². The lowest BCUT2D eigenvalue weighted by atomic mass is 10.1. The molecule has 1 aliphatic rings. The number of ether oxygens (including phenoxy) is 1. The number of hydrogen-bond donors (Lipinski definition) is 1. The summed E-state index contributed by atoms with van der Waals surface area (Å²) in [5.74, 6) is -3.99. The molecule has 126 valence electrons. The third-order valence-electron chi connectivity index (χ3n) is 3.95. The SMILES string of the molecule is O=C(O)Cc1cn2c3c(c(F)c(F)cc3c1=O)Oc1cc(Cl)ccc1-2. The number of fused-ring (bicyclic) bond motifs is 2. The van der Waals surface area contributed by atoms with E-state index in [1.54, 1.807) is 12.1 Å². The van der Waals surface area contributed by atoms with Crippen LogP contribution in [0.2, 0.25) is 5.02 Å². The lowest BCUT2D eigenvalue weighted by molar-refractivity contribution is -0.136.